The fraction of sp³-hybridized carbons (Fsp3) is 0.300. The average molecular weight is 286 g/mol. The van der Waals surface area contributed by atoms with E-state index in [0.29, 0.717) is 6.42 Å². The summed E-state index contributed by atoms with van der Waals surface area (Å²) < 4.78 is 26.6. The molecule has 6 nitrogen and oxygen atoms in total. The summed E-state index contributed by atoms with van der Waals surface area (Å²) in [5.74, 6) is 0.0471. The highest BCUT2D eigenvalue weighted by Gasteiger charge is 2.21. The maximum atomic E-state index is 12.0. The van der Waals surface area contributed by atoms with Crippen LogP contribution in [0.2, 0.25) is 0 Å². The lowest BCUT2D eigenvalue weighted by Crippen LogP contribution is -2.34. The first-order chi connectivity index (χ1) is 8.49. The van der Waals surface area contributed by atoms with Crippen LogP contribution >= 0.6 is 11.3 Å². The zero-order chi connectivity index (χ0) is 13.2. The van der Waals surface area contributed by atoms with Gasteiger partial charge >= 0.3 is 0 Å². The number of nitrogens with zero attached hydrogens (tertiary/aromatic N) is 1. The van der Waals surface area contributed by atoms with Crippen LogP contribution in [0.25, 0.3) is 0 Å². The van der Waals surface area contributed by atoms with Crippen molar-refractivity contribution in [2.45, 2.75) is 24.3 Å². The van der Waals surface area contributed by atoms with Gasteiger partial charge in [0.2, 0.25) is 10.0 Å². The van der Waals surface area contributed by atoms with Gasteiger partial charge in [0.05, 0.1) is 6.20 Å². The second-order valence-corrected chi connectivity index (χ2v) is 6.67. The Labute approximate surface area is 109 Å². The number of aromatic nitrogens is 2. The van der Waals surface area contributed by atoms with Gasteiger partial charge in [-0.1, -0.05) is 6.07 Å². The van der Waals surface area contributed by atoms with Crippen LogP contribution in [0.5, 0.6) is 0 Å². The van der Waals surface area contributed by atoms with E-state index >= 15 is 0 Å². The van der Waals surface area contributed by atoms with Gasteiger partial charge in [-0.15, -0.1) is 11.3 Å². The summed E-state index contributed by atoms with van der Waals surface area (Å²) >= 11 is 1.60. The molecular formula is C10H14N4O2S2. The molecular weight excluding hydrogens is 272 g/mol. The maximum Gasteiger partial charge on any atom is 0.246 e. The topological polar surface area (TPSA) is 101 Å². The van der Waals surface area contributed by atoms with Gasteiger partial charge in [0, 0.05) is 10.9 Å². The minimum absolute atomic E-state index is 0.0134. The largest absolute Gasteiger partial charge is 0.383 e. The van der Waals surface area contributed by atoms with Crippen molar-refractivity contribution in [2.24, 2.45) is 0 Å². The minimum Gasteiger partial charge on any atom is -0.383 e. The first-order valence-corrected chi connectivity index (χ1v) is 7.69. The maximum absolute atomic E-state index is 12.0. The molecule has 1 unspecified atom stereocenters. The van der Waals surface area contributed by atoms with E-state index in [0.717, 1.165) is 4.88 Å². The Hall–Kier alpha value is -1.38. The Balaban J connectivity index is 2.07. The number of anilines is 1. The molecule has 2 rings (SSSR count). The van der Waals surface area contributed by atoms with E-state index in [1.54, 1.807) is 11.3 Å². The Morgan fingerprint density at radius 1 is 1.61 bits per heavy atom. The molecule has 4 N–H and O–H groups in total. The molecule has 0 aliphatic heterocycles. The summed E-state index contributed by atoms with van der Waals surface area (Å²) in [6.07, 6.45) is 1.85. The zero-order valence-corrected chi connectivity index (χ0v) is 11.4. The van der Waals surface area contributed by atoms with Gasteiger partial charge < -0.3 is 5.73 Å². The third-order valence-corrected chi connectivity index (χ3v) is 4.88. The molecule has 0 fully saturated rings. The lowest BCUT2D eigenvalue weighted by atomic mass is 10.2. The predicted molar refractivity (Wildman–Crippen MR) is 70.8 cm³/mol. The molecule has 2 aromatic heterocycles. The molecule has 0 saturated heterocycles. The van der Waals surface area contributed by atoms with Crippen molar-refractivity contribution in [2.75, 3.05) is 5.73 Å². The number of aromatic amines is 1. The first kappa shape index (κ1) is 13.1. The highest BCUT2D eigenvalue weighted by Crippen LogP contribution is 2.16. The van der Waals surface area contributed by atoms with E-state index in [2.05, 4.69) is 14.9 Å². The van der Waals surface area contributed by atoms with Crippen LogP contribution in [-0.2, 0) is 16.4 Å². The van der Waals surface area contributed by atoms with E-state index in [4.69, 9.17) is 5.73 Å². The molecule has 0 aliphatic rings. The smallest absolute Gasteiger partial charge is 0.246 e. The third-order valence-electron chi connectivity index (χ3n) is 2.37. The number of hydrogen-bond acceptors (Lipinski definition) is 5. The number of nitrogens with one attached hydrogen (secondary N) is 2. The number of thiophene rings is 1. The fourth-order valence-corrected chi connectivity index (χ4v) is 3.70. The summed E-state index contributed by atoms with van der Waals surface area (Å²) in [7, 11) is -3.61. The quantitative estimate of drug-likeness (QED) is 0.762. The SMILES string of the molecule is CC(Cc1cccs1)NS(=O)(=O)c1cn[nH]c1N. The van der Waals surface area contributed by atoms with Crippen LogP contribution in [0.15, 0.2) is 28.6 Å². The Morgan fingerprint density at radius 3 is 2.94 bits per heavy atom. The van der Waals surface area contributed by atoms with Crippen molar-refractivity contribution < 1.29 is 8.42 Å². The fourth-order valence-electron chi connectivity index (χ4n) is 1.60. The van der Waals surface area contributed by atoms with E-state index in [-0.39, 0.29) is 16.8 Å². The van der Waals surface area contributed by atoms with Crippen molar-refractivity contribution in [1.82, 2.24) is 14.9 Å². The van der Waals surface area contributed by atoms with Crippen molar-refractivity contribution in [3.05, 3.63) is 28.6 Å². The van der Waals surface area contributed by atoms with Gasteiger partial charge in [-0.25, -0.2) is 13.1 Å². The predicted octanol–water partition coefficient (Wildman–Crippen LogP) is 0.963. The molecule has 8 heteroatoms. The van der Waals surface area contributed by atoms with Gasteiger partial charge in [0.1, 0.15) is 10.7 Å². The van der Waals surface area contributed by atoms with E-state index in [9.17, 15) is 8.42 Å². The van der Waals surface area contributed by atoms with Crippen LogP contribution in [-0.4, -0.2) is 24.7 Å². The minimum atomic E-state index is -3.61. The number of hydrogen-bond donors (Lipinski definition) is 3. The standard InChI is InChI=1S/C10H14N4O2S2/c1-7(5-8-3-2-4-17-8)14-18(15,16)9-6-12-13-10(9)11/h2-4,6-7,14H,5H2,1H3,(H3,11,12,13). The molecule has 0 bridgehead atoms. The molecule has 0 saturated carbocycles. The summed E-state index contributed by atoms with van der Waals surface area (Å²) in [6, 6.07) is 3.71. The van der Waals surface area contributed by atoms with Gasteiger partial charge in [-0.05, 0) is 24.8 Å². The third kappa shape index (κ3) is 2.89. The molecule has 0 spiro atoms. The lowest BCUT2D eigenvalue weighted by molar-refractivity contribution is 0.561. The van der Waals surface area contributed by atoms with Crippen LogP contribution in [0.1, 0.15) is 11.8 Å². The van der Waals surface area contributed by atoms with Crippen LogP contribution in [0.3, 0.4) is 0 Å². The molecule has 0 aromatic carbocycles. The van der Waals surface area contributed by atoms with Crippen molar-refractivity contribution in [1.29, 1.82) is 0 Å². The number of H-pyrrole nitrogens is 1. The molecule has 0 amide bonds. The summed E-state index contributed by atoms with van der Waals surface area (Å²) in [6.45, 7) is 1.81. The number of sulfonamides is 1. The summed E-state index contributed by atoms with van der Waals surface area (Å²) in [4.78, 5) is 1.12. The second kappa shape index (κ2) is 5.09. The molecule has 0 aliphatic carbocycles. The summed E-state index contributed by atoms with van der Waals surface area (Å²) in [5, 5.41) is 7.97. The number of nitrogen functional groups attached to an aromatic ring is 1. The van der Waals surface area contributed by atoms with Crippen LogP contribution in [0, 0.1) is 0 Å². The van der Waals surface area contributed by atoms with Crippen molar-refractivity contribution in [3.8, 4) is 0 Å². The van der Waals surface area contributed by atoms with E-state index < -0.39 is 10.0 Å². The molecule has 18 heavy (non-hydrogen) atoms. The van der Waals surface area contributed by atoms with Crippen LogP contribution < -0.4 is 10.5 Å². The normalized spacial score (nSPS) is 13.6. The lowest BCUT2D eigenvalue weighted by Gasteiger charge is -2.12. The van der Waals surface area contributed by atoms with E-state index in [1.165, 1.54) is 6.20 Å². The Bertz CT molecular complexity index is 604. The van der Waals surface area contributed by atoms with Crippen molar-refractivity contribution in [3.63, 3.8) is 0 Å². The van der Waals surface area contributed by atoms with Gasteiger partial charge in [0.15, 0.2) is 0 Å². The van der Waals surface area contributed by atoms with Crippen molar-refractivity contribution >= 4 is 27.2 Å². The highest BCUT2D eigenvalue weighted by atomic mass is 32.2. The number of rotatable bonds is 5. The molecule has 0 radical (unpaired) electrons. The van der Waals surface area contributed by atoms with Crippen LogP contribution in [0.4, 0.5) is 5.82 Å². The molecule has 2 aromatic rings. The molecule has 1 atom stereocenters. The second-order valence-electron chi connectivity index (χ2n) is 3.95. The first-order valence-electron chi connectivity index (χ1n) is 5.32. The van der Waals surface area contributed by atoms with E-state index in [1.807, 2.05) is 24.4 Å². The monoisotopic (exact) mass is 286 g/mol. The Kier molecular flexibility index (Phi) is 3.69. The van der Waals surface area contributed by atoms with Gasteiger partial charge in [-0.2, -0.15) is 5.10 Å². The zero-order valence-electron chi connectivity index (χ0n) is 9.75. The molecule has 98 valence electrons. The van der Waals surface area contributed by atoms with Gasteiger partial charge in [-0.3, -0.25) is 5.10 Å². The highest BCUT2D eigenvalue weighted by molar-refractivity contribution is 7.89. The Morgan fingerprint density at radius 2 is 2.39 bits per heavy atom. The van der Waals surface area contributed by atoms with Gasteiger partial charge in [0.25, 0.3) is 0 Å². The molecule has 2 heterocycles. The number of nitrogens with two attached hydrogens (primary N) is 1. The summed E-state index contributed by atoms with van der Waals surface area (Å²) in [5.41, 5.74) is 5.50. The average Bonchev–Trinajstić information content (AvgIpc) is 2.88.